The Kier molecular flexibility index (Phi) is 5.10. The zero-order valence-corrected chi connectivity index (χ0v) is 10.9. The molecule has 0 radical (unpaired) electrons. The van der Waals surface area contributed by atoms with Crippen molar-refractivity contribution in [2.45, 2.75) is 13.3 Å². The molecule has 5 heteroatoms. The number of anilines is 2. The van der Waals surface area contributed by atoms with Gasteiger partial charge in [0.05, 0.1) is 22.9 Å². The maximum absolute atomic E-state index is 11.6. The Balaban J connectivity index is 2.69. The summed E-state index contributed by atoms with van der Waals surface area (Å²) >= 11 is 6.06. The van der Waals surface area contributed by atoms with Gasteiger partial charge in [-0.3, -0.25) is 4.79 Å². The molecular formula is C12H18ClN3O. The van der Waals surface area contributed by atoms with E-state index in [9.17, 15) is 4.79 Å². The standard InChI is InChI=1S/C12H18ClN3O/c1-3-7-15-11(17)8-16(2)12-9(13)5-4-6-10(12)14/h4-6H,3,7-8,14H2,1-2H3,(H,15,17). The molecule has 0 aliphatic carbocycles. The minimum absolute atomic E-state index is 0.0336. The number of benzene rings is 1. The normalized spacial score (nSPS) is 10.1. The molecule has 0 aromatic heterocycles. The first-order valence-corrected chi connectivity index (χ1v) is 5.96. The first-order valence-electron chi connectivity index (χ1n) is 5.58. The van der Waals surface area contributed by atoms with Crippen LogP contribution in [0, 0.1) is 0 Å². The van der Waals surface area contributed by atoms with Gasteiger partial charge in [0.2, 0.25) is 5.91 Å². The quantitative estimate of drug-likeness (QED) is 0.790. The molecule has 1 amide bonds. The Hall–Kier alpha value is -1.42. The van der Waals surface area contributed by atoms with E-state index >= 15 is 0 Å². The zero-order chi connectivity index (χ0) is 12.8. The molecule has 0 atom stereocenters. The number of halogens is 1. The molecule has 0 fully saturated rings. The number of para-hydroxylation sites is 1. The summed E-state index contributed by atoms with van der Waals surface area (Å²) in [7, 11) is 1.79. The van der Waals surface area contributed by atoms with Crippen LogP contribution in [0.3, 0.4) is 0 Å². The second kappa shape index (κ2) is 6.35. The number of nitrogens with two attached hydrogens (primary N) is 1. The Morgan fingerprint density at radius 1 is 1.53 bits per heavy atom. The fraction of sp³-hybridized carbons (Fsp3) is 0.417. The highest BCUT2D eigenvalue weighted by Gasteiger charge is 2.12. The smallest absolute Gasteiger partial charge is 0.239 e. The highest BCUT2D eigenvalue weighted by molar-refractivity contribution is 6.34. The van der Waals surface area contributed by atoms with E-state index in [-0.39, 0.29) is 12.5 Å². The second-order valence-electron chi connectivity index (χ2n) is 3.88. The highest BCUT2D eigenvalue weighted by Crippen LogP contribution is 2.30. The van der Waals surface area contributed by atoms with Crippen LogP contribution in [0.25, 0.3) is 0 Å². The number of carbonyl (C=O) groups is 1. The van der Waals surface area contributed by atoms with Crippen molar-refractivity contribution in [1.82, 2.24) is 5.32 Å². The molecular weight excluding hydrogens is 238 g/mol. The van der Waals surface area contributed by atoms with Gasteiger partial charge in [-0.2, -0.15) is 0 Å². The Morgan fingerprint density at radius 2 is 2.24 bits per heavy atom. The van der Waals surface area contributed by atoms with E-state index < -0.39 is 0 Å². The summed E-state index contributed by atoms with van der Waals surface area (Å²) in [6, 6.07) is 5.31. The topological polar surface area (TPSA) is 58.4 Å². The first-order chi connectivity index (χ1) is 8.06. The second-order valence-corrected chi connectivity index (χ2v) is 4.29. The van der Waals surface area contributed by atoms with Gasteiger partial charge in [-0.1, -0.05) is 24.6 Å². The van der Waals surface area contributed by atoms with Gasteiger partial charge in [0, 0.05) is 13.6 Å². The molecule has 0 bridgehead atoms. The molecule has 1 aromatic rings. The lowest BCUT2D eigenvalue weighted by Crippen LogP contribution is -2.35. The molecule has 94 valence electrons. The van der Waals surface area contributed by atoms with E-state index in [2.05, 4.69) is 5.32 Å². The summed E-state index contributed by atoms with van der Waals surface area (Å²) in [4.78, 5) is 13.3. The van der Waals surface area contributed by atoms with Crippen LogP contribution < -0.4 is 16.0 Å². The third-order valence-electron chi connectivity index (χ3n) is 2.35. The molecule has 0 spiro atoms. The van der Waals surface area contributed by atoms with E-state index in [1.165, 1.54) is 0 Å². The van der Waals surface area contributed by atoms with Crippen LogP contribution in [0.15, 0.2) is 18.2 Å². The highest BCUT2D eigenvalue weighted by atomic mass is 35.5. The largest absolute Gasteiger partial charge is 0.397 e. The van der Waals surface area contributed by atoms with Crippen LogP contribution in [-0.2, 0) is 4.79 Å². The number of nitrogens with zero attached hydrogens (tertiary/aromatic N) is 1. The average Bonchev–Trinajstić information content (AvgIpc) is 2.26. The van der Waals surface area contributed by atoms with Gasteiger partial charge >= 0.3 is 0 Å². The van der Waals surface area contributed by atoms with E-state index in [1.807, 2.05) is 6.92 Å². The number of likely N-dealkylation sites (N-methyl/N-ethyl adjacent to an activating group) is 1. The Labute approximate surface area is 107 Å². The number of hydrogen-bond acceptors (Lipinski definition) is 3. The molecule has 0 aliphatic rings. The summed E-state index contributed by atoms with van der Waals surface area (Å²) < 4.78 is 0. The summed E-state index contributed by atoms with van der Waals surface area (Å²) in [5, 5.41) is 3.36. The van der Waals surface area contributed by atoms with E-state index in [0.29, 0.717) is 22.9 Å². The average molecular weight is 256 g/mol. The predicted octanol–water partition coefficient (Wildman–Crippen LogP) is 1.88. The van der Waals surface area contributed by atoms with Crippen molar-refractivity contribution in [3.05, 3.63) is 23.2 Å². The zero-order valence-electron chi connectivity index (χ0n) is 10.2. The lowest BCUT2D eigenvalue weighted by Gasteiger charge is -2.21. The number of amides is 1. The van der Waals surface area contributed by atoms with Crippen molar-refractivity contribution < 1.29 is 4.79 Å². The summed E-state index contributed by atoms with van der Waals surface area (Å²) in [6.45, 7) is 2.94. The molecule has 0 saturated carbocycles. The van der Waals surface area contributed by atoms with Crippen molar-refractivity contribution in [2.75, 3.05) is 30.8 Å². The van der Waals surface area contributed by atoms with Crippen molar-refractivity contribution in [2.24, 2.45) is 0 Å². The lowest BCUT2D eigenvalue weighted by atomic mass is 10.2. The first kappa shape index (κ1) is 13.6. The molecule has 4 nitrogen and oxygen atoms in total. The molecule has 0 saturated heterocycles. The van der Waals surface area contributed by atoms with Crippen molar-refractivity contribution in [3.8, 4) is 0 Å². The van der Waals surface area contributed by atoms with Gasteiger partial charge in [-0.15, -0.1) is 0 Å². The summed E-state index contributed by atoms with van der Waals surface area (Å²) in [5.41, 5.74) is 7.11. The van der Waals surface area contributed by atoms with Crippen LogP contribution in [0.4, 0.5) is 11.4 Å². The maximum Gasteiger partial charge on any atom is 0.239 e. The van der Waals surface area contributed by atoms with E-state index in [0.717, 1.165) is 6.42 Å². The van der Waals surface area contributed by atoms with Crippen LogP contribution in [0.2, 0.25) is 5.02 Å². The van der Waals surface area contributed by atoms with Crippen molar-refractivity contribution in [1.29, 1.82) is 0 Å². The molecule has 0 heterocycles. The van der Waals surface area contributed by atoms with E-state index in [4.69, 9.17) is 17.3 Å². The van der Waals surface area contributed by atoms with Gasteiger partial charge in [-0.05, 0) is 18.6 Å². The molecule has 1 aromatic carbocycles. The Morgan fingerprint density at radius 3 is 2.82 bits per heavy atom. The lowest BCUT2D eigenvalue weighted by molar-refractivity contribution is -0.119. The van der Waals surface area contributed by atoms with Gasteiger partial charge in [0.1, 0.15) is 0 Å². The van der Waals surface area contributed by atoms with Crippen molar-refractivity contribution >= 4 is 28.9 Å². The molecule has 1 rings (SSSR count). The van der Waals surface area contributed by atoms with E-state index in [1.54, 1.807) is 30.1 Å². The van der Waals surface area contributed by atoms with Crippen LogP contribution >= 0.6 is 11.6 Å². The van der Waals surface area contributed by atoms with Gasteiger partial charge < -0.3 is 16.0 Å². The maximum atomic E-state index is 11.6. The fourth-order valence-electron chi connectivity index (χ4n) is 1.55. The summed E-state index contributed by atoms with van der Waals surface area (Å²) in [6.07, 6.45) is 0.920. The van der Waals surface area contributed by atoms with Crippen LogP contribution in [0.5, 0.6) is 0 Å². The van der Waals surface area contributed by atoms with Crippen LogP contribution in [0.1, 0.15) is 13.3 Å². The number of nitrogen functional groups attached to an aromatic ring is 1. The number of hydrogen-bond donors (Lipinski definition) is 2. The number of carbonyl (C=O) groups excluding carboxylic acids is 1. The fourth-order valence-corrected chi connectivity index (χ4v) is 1.88. The van der Waals surface area contributed by atoms with Crippen molar-refractivity contribution in [3.63, 3.8) is 0 Å². The number of rotatable bonds is 5. The monoisotopic (exact) mass is 255 g/mol. The molecule has 3 N–H and O–H groups in total. The molecule has 0 unspecified atom stereocenters. The predicted molar refractivity (Wildman–Crippen MR) is 72.4 cm³/mol. The van der Waals surface area contributed by atoms with Crippen LogP contribution in [-0.4, -0.2) is 26.0 Å². The Bertz CT molecular complexity index is 375. The third-order valence-corrected chi connectivity index (χ3v) is 2.66. The van der Waals surface area contributed by atoms with Gasteiger partial charge in [-0.25, -0.2) is 0 Å². The minimum atomic E-state index is -0.0336. The minimum Gasteiger partial charge on any atom is -0.397 e. The number of nitrogens with one attached hydrogen (secondary N) is 1. The SMILES string of the molecule is CCCNC(=O)CN(C)c1c(N)cccc1Cl. The molecule has 17 heavy (non-hydrogen) atoms. The van der Waals surface area contributed by atoms with Gasteiger partial charge in [0.15, 0.2) is 0 Å². The van der Waals surface area contributed by atoms with Gasteiger partial charge in [0.25, 0.3) is 0 Å². The third kappa shape index (κ3) is 3.82. The molecule has 0 aliphatic heterocycles. The summed E-state index contributed by atoms with van der Waals surface area (Å²) in [5.74, 6) is -0.0336.